The molecule has 114 valence electrons. The van der Waals surface area contributed by atoms with E-state index in [9.17, 15) is 0 Å². The van der Waals surface area contributed by atoms with E-state index < -0.39 is 0 Å². The Morgan fingerprint density at radius 1 is 1.50 bits per heavy atom. The van der Waals surface area contributed by atoms with E-state index in [1.54, 1.807) is 0 Å². The largest absolute Gasteiger partial charge is 0.376 e. The predicted octanol–water partition coefficient (Wildman–Crippen LogP) is 1.44. The summed E-state index contributed by atoms with van der Waals surface area (Å²) in [6.07, 6.45) is 2.39. The number of aromatic nitrogens is 2. The van der Waals surface area contributed by atoms with Crippen LogP contribution in [0.25, 0.3) is 0 Å². The van der Waals surface area contributed by atoms with Crippen LogP contribution in [0.5, 0.6) is 0 Å². The third kappa shape index (κ3) is 3.22. The van der Waals surface area contributed by atoms with E-state index in [1.165, 1.54) is 5.56 Å². The van der Waals surface area contributed by atoms with Crippen molar-refractivity contribution in [3.63, 3.8) is 0 Å². The van der Waals surface area contributed by atoms with Gasteiger partial charge < -0.3 is 10.5 Å². The molecule has 5 heteroatoms. The number of morpholine rings is 1. The lowest BCUT2D eigenvalue weighted by Gasteiger charge is -2.37. The van der Waals surface area contributed by atoms with Gasteiger partial charge in [-0.1, -0.05) is 20.8 Å². The van der Waals surface area contributed by atoms with Crippen LogP contribution in [0, 0.1) is 0 Å². The minimum absolute atomic E-state index is 0.0297. The average Bonchev–Trinajstić information content (AvgIpc) is 2.72. The molecular weight excluding hydrogens is 252 g/mol. The van der Waals surface area contributed by atoms with Gasteiger partial charge in [-0.3, -0.25) is 9.58 Å². The number of aryl methyl sites for hydroxylation is 1. The van der Waals surface area contributed by atoms with Gasteiger partial charge in [0.1, 0.15) is 0 Å². The van der Waals surface area contributed by atoms with E-state index in [0.29, 0.717) is 6.54 Å². The van der Waals surface area contributed by atoms with Gasteiger partial charge in [0.2, 0.25) is 0 Å². The van der Waals surface area contributed by atoms with Gasteiger partial charge in [0.05, 0.1) is 24.4 Å². The molecule has 1 aliphatic rings. The molecule has 2 heterocycles. The summed E-state index contributed by atoms with van der Waals surface area (Å²) in [5, 5.41) is 4.67. The van der Waals surface area contributed by atoms with Crippen LogP contribution in [0.2, 0.25) is 0 Å². The molecule has 5 nitrogen and oxygen atoms in total. The molecule has 1 fully saturated rings. The Morgan fingerprint density at radius 3 is 2.75 bits per heavy atom. The van der Waals surface area contributed by atoms with Gasteiger partial charge in [0, 0.05) is 43.9 Å². The van der Waals surface area contributed by atoms with Gasteiger partial charge in [-0.05, 0) is 6.92 Å². The van der Waals surface area contributed by atoms with Crippen molar-refractivity contribution in [2.45, 2.75) is 45.3 Å². The van der Waals surface area contributed by atoms with Crippen LogP contribution in [-0.4, -0.2) is 47.0 Å². The second-order valence-electron chi connectivity index (χ2n) is 6.78. The van der Waals surface area contributed by atoms with Gasteiger partial charge >= 0.3 is 0 Å². The molecule has 0 saturated carbocycles. The van der Waals surface area contributed by atoms with E-state index in [2.05, 4.69) is 43.9 Å². The number of nitrogens with two attached hydrogens (primary N) is 1. The standard InChI is InChI=1S/C15H28N4O/c1-11-9-19(6-7-20-11)13(8-16)12-10-18(5)17-14(12)15(2,3)4/h10-11,13H,6-9,16H2,1-5H3. The number of hydrogen-bond acceptors (Lipinski definition) is 4. The van der Waals surface area contributed by atoms with Crippen LogP contribution in [0.1, 0.15) is 45.0 Å². The predicted molar refractivity (Wildman–Crippen MR) is 80.7 cm³/mol. The molecule has 0 spiro atoms. The Hall–Kier alpha value is -0.910. The molecule has 20 heavy (non-hydrogen) atoms. The number of nitrogens with zero attached hydrogens (tertiary/aromatic N) is 3. The van der Waals surface area contributed by atoms with Crippen molar-refractivity contribution in [2.75, 3.05) is 26.2 Å². The molecule has 1 saturated heterocycles. The quantitative estimate of drug-likeness (QED) is 0.910. The molecule has 0 bridgehead atoms. The molecule has 0 aliphatic carbocycles. The molecule has 1 aromatic rings. The molecule has 0 amide bonds. The first-order valence-corrected chi connectivity index (χ1v) is 7.42. The third-order valence-corrected chi connectivity index (χ3v) is 3.86. The van der Waals surface area contributed by atoms with Crippen LogP contribution >= 0.6 is 0 Å². The molecular formula is C15H28N4O. The maximum Gasteiger partial charge on any atom is 0.0726 e. The van der Waals surface area contributed by atoms with Crippen molar-refractivity contribution in [1.82, 2.24) is 14.7 Å². The fourth-order valence-electron chi connectivity index (χ4n) is 2.93. The first kappa shape index (κ1) is 15.5. The molecule has 1 aromatic heterocycles. The zero-order valence-electron chi connectivity index (χ0n) is 13.4. The SMILES string of the molecule is CC1CN(C(CN)c2cn(C)nc2C(C)(C)C)CCO1. The molecule has 2 atom stereocenters. The van der Waals surface area contributed by atoms with Crippen LogP contribution in [0.3, 0.4) is 0 Å². The highest BCUT2D eigenvalue weighted by molar-refractivity contribution is 5.28. The van der Waals surface area contributed by atoms with Crippen molar-refractivity contribution in [3.8, 4) is 0 Å². The zero-order chi connectivity index (χ0) is 14.9. The number of rotatable bonds is 3. The summed E-state index contributed by atoms with van der Waals surface area (Å²) in [4.78, 5) is 2.43. The molecule has 0 aromatic carbocycles. The Kier molecular flexibility index (Phi) is 4.52. The van der Waals surface area contributed by atoms with E-state index >= 15 is 0 Å². The number of ether oxygens (including phenoxy) is 1. The second kappa shape index (κ2) is 5.84. The Morgan fingerprint density at radius 2 is 2.20 bits per heavy atom. The van der Waals surface area contributed by atoms with E-state index in [0.717, 1.165) is 25.4 Å². The summed E-state index contributed by atoms with van der Waals surface area (Å²) in [6, 6.07) is 0.226. The Labute approximate surface area is 122 Å². The molecule has 2 unspecified atom stereocenters. The van der Waals surface area contributed by atoms with Gasteiger partial charge in [-0.15, -0.1) is 0 Å². The highest BCUT2D eigenvalue weighted by Gasteiger charge is 2.31. The monoisotopic (exact) mass is 280 g/mol. The third-order valence-electron chi connectivity index (χ3n) is 3.86. The molecule has 2 rings (SSSR count). The van der Waals surface area contributed by atoms with E-state index in [4.69, 9.17) is 10.5 Å². The fourth-order valence-corrected chi connectivity index (χ4v) is 2.93. The maximum atomic E-state index is 6.08. The van der Waals surface area contributed by atoms with Crippen LogP contribution in [-0.2, 0) is 17.2 Å². The average molecular weight is 280 g/mol. The second-order valence-corrected chi connectivity index (χ2v) is 6.78. The van der Waals surface area contributed by atoms with Crippen LogP contribution in [0.4, 0.5) is 0 Å². The summed E-state index contributed by atoms with van der Waals surface area (Å²) in [7, 11) is 1.98. The minimum Gasteiger partial charge on any atom is -0.376 e. The lowest BCUT2D eigenvalue weighted by molar-refractivity contribution is -0.0335. The molecule has 0 radical (unpaired) electrons. The summed E-state index contributed by atoms with van der Waals surface area (Å²) in [5.74, 6) is 0. The summed E-state index contributed by atoms with van der Waals surface area (Å²) in [5.41, 5.74) is 8.52. The molecule has 2 N–H and O–H groups in total. The maximum absolute atomic E-state index is 6.08. The van der Waals surface area contributed by atoms with E-state index in [1.807, 2.05) is 11.7 Å². The fraction of sp³-hybridized carbons (Fsp3) is 0.800. The van der Waals surface area contributed by atoms with Crippen molar-refractivity contribution >= 4 is 0 Å². The highest BCUT2D eigenvalue weighted by atomic mass is 16.5. The first-order chi connectivity index (χ1) is 9.32. The van der Waals surface area contributed by atoms with Crippen molar-refractivity contribution in [1.29, 1.82) is 0 Å². The topological polar surface area (TPSA) is 56.3 Å². The van der Waals surface area contributed by atoms with Gasteiger partial charge in [0.25, 0.3) is 0 Å². The summed E-state index contributed by atoms with van der Waals surface area (Å²) >= 11 is 0. The molecule has 1 aliphatic heterocycles. The number of hydrogen-bond donors (Lipinski definition) is 1. The Balaban J connectivity index is 2.32. The normalized spacial score (nSPS) is 23.0. The zero-order valence-corrected chi connectivity index (χ0v) is 13.4. The van der Waals surface area contributed by atoms with Gasteiger partial charge in [-0.2, -0.15) is 5.10 Å². The van der Waals surface area contributed by atoms with Crippen LogP contribution in [0.15, 0.2) is 6.20 Å². The highest BCUT2D eigenvalue weighted by Crippen LogP contribution is 2.31. The first-order valence-electron chi connectivity index (χ1n) is 7.42. The van der Waals surface area contributed by atoms with Crippen molar-refractivity contribution in [2.24, 2.45) is 12.8 Å². The van der Waals surface area contributed by atoms with Crippen molar-refractivity contribution in [3.05, 3.63) is 17.5 Å². The van der Waals surface area contributed by atoms with Gasteiger partial charge in [-0.25, -0.2) is 0 Å². The minimum atomic E-state index is 0.0297. The summed E-state index contributed by atoms with van der Waals surface area (Å²) < 4.78 is 7.54. The Bertz CT molecular complexity index is 449. The lowest BCUT2D eigenvalue weighted by Crippen LogP contribution is -2.45. The van der Waals surface area contributed by atoms with E-state index in [-0.39, 0.29) is 17.6 Å². The smallest absolute Gasteiger partial charge is 0.0726 e. The lowest BCUT2D eigenvalue weighted by atomic mass is 9.87. The van der Waals surface area contributed by atoms with Crippen LogP contribution < -0.4 is 5.73 Å². The van der Waals surface area contributed by atoms with Crippen molar-refractivity contribution < 1.29 is 4.74 Å². The summed E-state index contributed by atoms with van der Waals surface area (Å²) in [6.45, 7) is 12.0. The van der Waals surface area contributed by atoms with Gasteiger partial charge in [0.15, 0.2) is 0 Å².